The highest BCUT2D eigenvalue weighted by molar-refractivity contribution is 14.1. The molecular weight excluding hydrogens is 325 g/mol. The van der Waals surface area contributed by atoms with E-state index in [-0.39, 0.29) is 5.54 Å². The molecule has 0 aliphatic rings. The molecular formula is C14H22INO. The van der Waals surface area contributed by atoms with Gasteiger partial charge in [0.2, 0.25) is 0 Å². The quantitative estimate of drug-likeness (QED) is 0.624. The van der Waals surface area contributed by atoms with E-state index in [2.05, 4.69) is 60.8 Å². The van der Waals surface area contributed by atoms with Crippen LogP contribution >= 0.6 is 22.6 Å². The predicted molar refractivity (Wildman–Crippen MR) is 81.6 cm³/mol. The molecule has 0 radical (unpaired) electrons. The van der Waals surface area contributed by atoms with Crippen molar-refractivity contribution in [2.75, 3.05) is 13.2 Å². The highest BCUT2D eigenvalue weighted by atomic mass is 127. The van der Waals surface area contributed by atoms with E-state index in [1.54, 1.807) is 0 Å². The maximum absolute atomic E-state index is 5.66. The Labute approximate surface area is 118 Å². The van der Waals surface area contributed by atoms with Crippen molar-refractivity contribution in [3.63, 3.8) is 0 Å². The van der Waals surface area contributed by atoms with Crippen molar-refractivity contribution in [2.24, 2.45) is 0 Å². The Balaban J connectivity index is 2.07. The topological polar surface area (TPSA) is 21.3 Å². The Hall–Kier alpha value is -0.290. The van der Waals surface area contributed by atoms with E-state index < -0.39 is 0 Å². The van der Waals surface area contributed by atoms with Crippen LogP contribution in [-0.2, 0) is 0 Å². The van der Waals surface area contributed by atoms with Crippen molar-refractivity contribution in [3.8, 4) is 5.75 Å². The lowest BCUT2D eigenvalue weighted by molar-refractivity contribution is 0.301. The second-order valence-electron chi connectivity index (χ2n) is 5.19. The zero-order chi connectivity index (χ0) is 12.7. The van der Waals surface area contributed by atoms with Gasteiger partial charge in [0.15, 0.2) is 0 Å². The number of ether oxygens (including phenoxy) is 1. The van der Waals surface area contributed by atoms with E-state index in [9.17, 15) is 0 Å². The van der Waals surface area contributed by atoms with Crippen LogP contribution in [0.1, 0.15) is 33.6 Å². The normalized spacial score (nSPS) is 11.5. The van der Waals surface area contributed by atoms with Gasteiger partial charge in [-0.15, -0.1) is 0 Å². The predicted octanol–water partition coefficient (Wildman–Crippen LogP) is 3.84. The van der Waals surface area contributed by atoms with E-state index in [0.717, 1.165) is 31.7 Å². The first-order chi connectivity index (χ1) is 7.97. The first kappa shape index (κ1) is 14.8. The summed E-state index contributed by atoms with van der Waals surface area (Å²) < 4.78 is 6.90. The molecule has 0 spiro atoms. The van der Waals surface area contributed by atoms with Crippen LogP contribution in [0, 0.1) is 3.57 Å². The molecule has 96 valence electrons. The number of unbranched alkanes of at least 4 members (excludes halogenated alkanes) is 1. The molecule has 0 saturated carbocycles. The summed E-state index contributed by atoms with van der Waals surface area (Å²) in [5.74, 6) is 0.967. The van der Waals surface area contributed by atoms with Gasteiger partial charge < -0.3 is 10.1 Å². The smallest absolute Gasteiger partial charge is 0.119 e. The zero-order valence-corrected chi connectivity index (χ0v) is 13.1. The van der Waals surface area contributed by atoms with E-state index in [1.807, 2.05) is 12.1 Å². The zero-order valence-electron chi connectivity index (χ0n) is 10.9. The Bertz CT molecular complexity index is 316. The second-order valence-corrected chi connectivity index (χ2v) is 6.43. The standard InChI is InChI=1S/C14H22INO/c1-14(2,3)16-10-4-5-11-17-13-8-6-12(15)7-9-13/h6-9,16H,4-5,10-11H2,1-3H3. The maximum atomic E-state index is 5.66. The highest BCUT2D eigenvalue weighted by Crippen LogP contribution is 2.13. The van der Waals surface area contributed by atoms with Crippen molar-refractivity contribution in [1.82, 2.24) is 5.32 Å². The summed E-state index contributed by atoms with van der Waals surface area (Å²) in [6.07, 6.45) is 2.25. The van der Waals surface area contributed by atoms with Gasteiger partial charge in [0.1, 0.15) is 5.75 Å². The Morgan fingerprint density at radius 3 is 2.35 bits per heavy atom. The van der Waals surface area contributed by atoms with Gasteiger partial charge in [-0.3, -0.25) is 0 Å². The van der Waals surface area contributed by atoms with Crippen molar-refractivity contribution >= 4 is 22.6 Å². The molecule has 0 heterocycles. The molecule has 0 bridgehead atoms. The minimum Gasteiger partial charge on any atom is -0.494 e. The maximum Gasteiger partial charge on any atom is 0.119 e. The summed E-state index contributed by atoms with van der Waals surface area (Å²) in [7, 11) is 0. The van der Waals surface area contributed by atoms with Crippen LogP contribution < -0.4 is 10.1 Å². The lowest BCUT2D eigenvalue weighted by Crippen LogP contribution is -2.36. The minimum absolute atomic E-state index is 0.219. The number of hydrogen-bond acceptors (Lipinski definition) is 2. The van der Waals surface area contributed by atoms with Crippen LogP contribution in [0.2, 0.25) is 0 Å². The summed E-state index contributed by atoms with van der Waals surface area (Å²) >= 11 is 2.30. The van der Waals surface area contributed by atoms with Gasteiger partial charge in [-0.05, 0) is 87.0 Å². The molecule has 1 aromatic carbocycles. The molecule has 0 amide bonds. The molecule has 0 fully saturated rings. The average molecular weight is 347 g/mol. The number of benzene rings is 1. The number of rotatable bonds is 6. The van der Waals surface area contributed by atoms with Gasteiger partial charge in [0.25, 0.3) is 0 Å². The summed E-state index contributed by atoms with van der Waals surface area (Å²) in [5, 5.41) is 3.47. The van der Waals surface area contributed by atoms with E-state index >= 15 is 0 Å². The summed E-state index contributed by atoms with van der Waals surface area (Å²) in [6, 6.07) is 8.18. The molecule has 2 nitrogen and oxygen atoms in total. The highest BCUT2D eigenvalue weighted by Gasteiger charge is 2.06. The first-order valence-corrected chi connectivity index (χ1v) is 7.19. The van der Waals surface area contributed by atoms with Crippen molar-refractivity contribution in [2.45, 2.75) is 39.2 Å². The summed E-state index contributed by atoms with van der Waals surface area (Å²) in [4.78, 5) is 0. The largest absolute Gasteiger partial charge is 0.494 e. The molecule has 0 atom stereocenters. The van der Waals surface area contributed by atoms with E-state index in [4.69, 9.17) is 4.74 Å². The summed E-state index contributed by atoms with van der Waals surface area (Å²) in [5.41, 5.74) is 0.219. The van der Waals surface area contributed by atoms with E-state index in [1.165, 1.54) is 3.57 Å². The number of nitrogens with one attached hydrogen (secondary N) is 1. The van der Waals surface area contributed by atoms with E-state index in [0.29, 0.717) is 0 Å². The monoisotopic (exact) mass is 347 g/mol. The Kier molecular flexibility index (Phi) is 6.27. The fourth-order valence-corrected chi connectivity index (χ4v) is 1.77. The third-order valence-electron chi connectivity index (χ3n) is 2.31. The molecule has 17 heavy (non-hydrogen) atoms. The molecule has 0 aromatic heterocycles. The van der Waals surface area contributed by atoms with Gasteiger partial charge >= 0.3 is 0 Å². The number of hydrogen-bond donors (Lipinski definition) is 1. The average Bonchev–Trinajstić information content (AvgIpc) is 2.24. The van der Waals surface area contributed by atoms with Crippen LogP contribution in [0.15, 0.2) is 24.3 Å². The SMILES string of the molecule is CC(C)(C)NCCCCOc1ccc(I)cc1. The Morgan fingerprint density at radius 2 is 1.76 bits per heavy atom. The molecule has 1 aromatic rings. The first-order valence-electron chi connectivity index (χ1n) is 6.11. The third kappa shape index (κ3) is 7.60. The lowest BCUT2D eigenvalue weighted by Gasteiger charge is -2.20. The van der Waals surface area contributed by atoms with Gasteiger partial charge in [-0.25, -0.2) is 0 Å². The van der Waals surface area contributed by atoms with Crippen LogP contribution in [0.4, 0.5) is 0 Å². The van der Waals surface area contributed by atoms with Crippen LogP contribution in [0.5, 0.6) is 5.75 Å². The van der Waals surface area contributed by atoms with Crippen LogP contribution in [0.3, 0.4) is 0 Å². The van der Waals surface area contributed by atoms with Crippen molar-refractivity contribution in [1.29, 1.82) is 0 Å². The van der Waals surface area contributed by atoms with Gasteiger partial charge in [-0.1, -0.05) is 0 Å². The van der Waals surface area contributed by atoms with Crippen LogP contribution in [-0.4, -0.2) is 18.7 Å². The minimum atomic E-state index is 0.219. The van der Waals surface area contributed by atoms with Gasteiger partial charge in [0, 0.05) is 9.11 Å². The fraction of sp³-hybridized carbons (Fsp3) is 0.571. The second kappa shape index (κ2) is 7.21. The fourth-order valence-electron chi connectivity index (χ4n) is 1.41. The molecule has 3 heteroatoms. The molecule has 1 rings (SSSR count). The lowest BCUT2D eigenvalue weighted by atomic mass is 10.1. The van der Waals surface area contributed by atoms with Crippen molar-refractivity contribution in [3.05, 3.63) is 27.8 Å². The molecule has 1 N–H and O–H groups in total. The van der Waals surface area contributed by atoms with Crippen LogP contribution in [0.25, 0.3) is 0 Å². The van der Waals surface area contributed by atoms with Crippen molar-refractivity contribution < 1.29 is 4.74 Å². The third-order valence-corrected chi connectivity index (χ3v) is 3.03. The summed E-state index contributed by atoms with van der Waals surface area (Å²) in [6.45, 7) is 8.42. The van der Waals surface area contributed by atoms with Gasteiger partial charge in [0.05, 0.1) is 6.61 Å². The molecule has 0 aliphatic carbocycles. The number of halogens is 1. The molecule has 0 saturated heterocycles. The molecule has 0 unspecified atom stereocenters. The Morgan fingerprint density at radius 1 is 1.12 bits per heavy atom. The molecule has 0 aliphatic heterocycles. The van der Waals surface area contributed by atoms with Gasteiger partial charge in [-0.2, -0.15) is 0 Å².